The number of carbonyl (C=O) groups excluding carboxylic acids is 1. The molecule has 170 valence electrons. The molecule has 32 heavy (non-hydrogen) atoms. The second kappa shape index (κ2) is 8.47. The summed E-state index contributed by atoms with van der Waals surface area (Å²) < 4.78 is 43.1. The summed E-state index contributed by atoms with van der Waals surface area (Å²) in [6, 6.07) is 8.73. The molecule has 2 aromatic rings. The maximum absolute atomic E-state index is 14.4. The van der Waals surface area contributed by atoms with Crippen molar-refractivity contribution in [3.8, 4) is 0 Å². The number of benzene rings is 2. The minimum Gasteiger partial charge on any atom is -0.374 e. The van der Waals surface area contributed by atoms with Gasteiger partial charge in [0.05, 0.1) is 11.6 Å². The first-order chi connectivity index (χ1) is 15.0. The van der Waals surface area contributed by atoms with Gasteiger partial charge in [-0.05, 0) is 42.8 Å². The number of aryl methyl sites for hydroxylation is 1. The van der Waals surface area contributed by atoms with Crippen molar-refractivity contribution < 1.29 is 22.8 Å². The fraction of sp³-hybridized carbons (Fsp3) is 0.364. The summed E-state index contributed by atoms with van der Waals surface area (Å²) in [5.41, 5.74) is -1.27. The van der Waals surface area contributed by atoms with Crippen LogP contribution in [-0.2, 0) is 10.4 Å². The zero-order valence-electron chi connectivity index (χ0n) is 17.1. The second-order valence-electron chi connectivity index (χ2n) is 7.92. The molecule has 1 saturated heterocycles. The van der Waals surface area contributed by atoms with E-state index in [9.17, 15) is 18.0 Å². The number of oxime groups is 1. The first-order valence-electron chi connectivity index (χ1n) is 9.82. The highest BCUT2D eigenvalue weighted by Gasteiger charge is 2.66. The van der Waals surface area contributed by atoms with E-state index >= 15 is 0 Å². The SMILES string of the molecule is Cc1cc(C2=NOC(c3cc(Cl)cc(Cl)c3)(C(F)(F)F)C2C)ccc1C(=O)NC1CSC1. The zero-order valence-corrected chi connectivity index (χ0v) is 19.4. The quantitative estimate of drug-likeness (QED) is 0.559. The Morgan fingerprint density at radius 3 is 2.38 bits per heavy atom. The van der Waals surface area contributed by atoms with Crippen LogP contribution < -0.4 is 5.32 Å². The van der Waals surface area contributed by atoms with Crippen LogP contribution in [0.1, 0.15) is 34.0 Å². The van der Waals surface area contributed by atoms with Gasteiger partial charge in [-0.1, -0.05) is 41.3 Å². The van der Waals surface area contributed by atoms with Gasteiger partial charge in [0.2, 0.25) is 0 Å². The molecule has 1 amide bonds. The molecule has 0 aliphatic carbocycles. The lowest BCUT2D eigenvalue weighted by molar-refractivity contribution is -0.287. The summed E-state index contributed by atoms with van der Waals surface area (Å²) in [4.78, 5) is 17.6. The Morgan fingerprint density at radius 1 is 1.19 bits per heavy atom. The third-order valence-corrected chi connectivity index (χ3v) is 7.47. The molecule has 4 rings (SSSR count). The van der Waals surface area contributed by atoms with E-state index in [1.807, 2.05) is 0 Å². The Hall–Kier alpha value is -1.90. The average molecular weight is 503 g/mol. The Bertz CT molecular complexity index is 1080. The van der Waals surface area contributed by atoms with E-state index in [2.05, 4.69) is 10.5 Å². The van der Waals surface area contributed by atoms with Crippen LogP contribution in [0, 0.1) is 12.8 Å². The second-order valence-corrected chi connectivity index (χ2v) is 9.87. The number of hydrogen-bond acceptors (Lipinski definition) is 4. The molecule has 0 radical (unpaired) electrons. The van der Waals surface area contributed by atoms with Gasteiger partial charge in [0.25, 0.3) is 11.5 Å². The topological polar surface area (TPSA) is 50.7 Å². The molecular weight excluding hydrogens is 484 g/mol. The lowest BCUT2D eigenvalue weighted by atomic mass is 9.77. The van der Waals surface area contributed by atoms with Gasteiger partial charge in [0.15, 0.2) is 0 Å². The summed E-state index contributed by atoms with van der Waals surface area (Å²) in [6.45, 7) is 3.14. The molecule has 2 aromatic carbocycles. The van der Waals surface area contributed by atoms with Crippen molar-refractivity contribution in [2.75, 3.05) is 11.5 Å². The lowest BCUT2D eigenvalue weighted by Crippen LogP contribution is -2.48. The Labute approximate surface area is 197 Å². The lowest BCUT2D eigenvalue weighted by Gasteiger charge is -2.34. The maximum atomic E-state index is 14.4. The first kappa shape index (κ1) is 23.3. The maximum Gasteiger partial charge on any atom is 0.436 e. The third kappa shape index (κ3) is 3.97. The number of halogens is 5. The van der Waals surface area contributed by atoms with E-state index in [-0.39, 0.29) is 33.3 Å². The molecule has 0 spiro atoms. The molecule has 0 saturated carbocycles. The van der Waals surface area contributed by atoms with Crippen molar-refractivity contribution in [2.24, 2.45) is 11.1 Å². The Balaban J connectivity index is 1.67. The minimum absolute atomic E-state index is 0.0662. The monoisotopic (exact) mass is 502 g/mol. The number of amides is 1. The van der Waals surface area contributed by atoms with Crippen LogP contribution in [0.15, 0.2) is 41.6 Å². The molecule has 2 aliphatic heterocycles. The number of thioether (sulfide) groups is 1. The smallest absolute Gasteiger partial charge is 0.374 e. The van der Waals surface area contributed by atoms with Crippen molar-refractivity contribution in [2.45, 2.75) is 31.7 Å². The van der Waals surface area contributed by atoms with Gasteiger partial charge in [-0.25, -0.2) is 0 Å². The van der Waals surface area contributed by atoms with Gasteiger partial charge >= 0.3 is 6.18 Å². The first-order valence-corrected chi connectivity index (χ1v) is 11.7. The molecule has 1 fully saturated rings. The summed E-state index contributed by atoms with van der Waals surface area (Å²) in [7, 11) is 0. The number of carbonyl (C=O) groups is 1. The standard InChI is InChI=1S/C22H19Cl2F3N2O2S/c1-11-5-13(3-4-18(11)20(30)28-17-9-32-10-17)19-12(2)21(31-29-19,22(25,26)27)14-6-15(23)8-16(24)7-14/h3-8,12,17H,9-10H2,1-2H3,(H,28,30). The van der Waals surface area contributed by atoms with Crippen LogP contribution in [0.5, 0.6) is 0 Å². The number of nitrogens with zero attached hydrogens (tertiary/aromatic N) is 1. The highest BCUT2D eigenvalue weighted by molar-refractivity contribution is 8.00. The molecule has 0 bridgehead atoms. The van der Waals surface area contributed by atoms with Crippen molar-refractivity contribution in [1.82, 2.24) is 5.32 Å². The number of rotatable bonds is 4. The predicted octanol–water partition coefficient (Wildman–Crippen LogP) is 5.98. The van der Waals surface area contributed by atoms with Crippen molar-refractivity contribution in [1.29, 1.82) is 0 Å². The summed E-state index contributed by atoms with van der Waals surface area (Å²) in [5.74, 6) is 0.363. The fourth-order valence-corrected chi connectivity index (χ4v) is 5.13. The van der Waals surface area contributed by atoms with Crippen LogP contribution >= 0.6 is 35.0 Å². The van der Waals surface area contributed by atoms with Gasteiger partial charge in [-0.3, -0.25) is 4.79 Å². The number of nitrogens with one attached hydrogen (secondary N) is 1. The number of hydrogen-bond donors (Lipinski definition) is 1. The van der Waals surface area contributed by atoms with Gasteiger partial charge in [0, 0.05) is 44.3 Å². The van der Waals surface area contributed by atoms with Crippen LogP contribution in [0.4, 0.5) is 13.2 Å². The van der Waals surface area contributed by atoms with E-state index in [1.165, 1.54) is 25.1 Å². The Morgan fingerprint density at radius 2 is 1.84 bits per heavy atom. The molecule has 10 heteroatoms. The summed E-state index contributed by atoms with van der Waals surface area (Å²) in [5, 5.41) is 6.92. The predicted molar refractivity (Wildman–Crippen MR) is 121 cm³/mol. The van der Waals surface area contributed by atoms with Gasteiger partial charge < -0.3 is 10.2 Å². The highest BCUT2D eigenvalue weighted by Crippen LogP contribution is 2.52. The van der Waals surface area contributed by atoms with E-state index in [1.54, 1.807) is 36.9 Å². The molecule has 4 nitrogen and oxygen atoms in total. The van der Waals surface area contributed by atoms with Crippen molar-refractivity contribution in [3.63, 3.8) is 0 Å². The molecule has 1 N–H and O–H groups in total. The normalized spacial score (nSPS) is 23.3. The van der Waals surface area contributed by atoms with Crippen LogP contribution in [0.2, 0.25) is 10.0 Å². The zero-order chi connectivity index (χ0) is 23.3. The van der Waals surface area contributed by atoms with Gasteiger partial charge in [-0.15, -0.1) is 0 Å². The van der Waals surface area contributed by atoms with Crippen molar-refractivity contribution >= 4 is 46.6 Å². The summed E-state index contributed by atoms with van der Waals surface area (Å²) in [6.07, 6.45) is -4.79. The minimum atomic E-state index is -4.79. The molecule has 2 unspecified atom stereocenters. The van der Waals surface area contributed by atoms with E-state index < -0.39 is 17.7 Å². The van der Waals surface area contributed by atoms with Gasteiger partial charge in [0.1, 0.15) is 0 Å². The largest absolute Gasteiger partial charge is 0.436 e. The Kier molecular flexibility index (Phi) is 6.15. The average Bonchev–Trinajstić information content (AvgIpc) is 3.01. The molecule has 2 heterocycles. The molecule has 2 aliphatic rings. The summed E-state index contributed by atoms with van der Waals surface area (Å²) >= 11 is 13.7. The van der Waals surface area contributed by atoms with E-state index in [0.29, 0.717) is 16.7 Å². The fourth-order valence-electron chi connectivity index (χ4n) is 3.97. The molecule has 2 atom stereocenters. The van der Waals surface area contributed by atoms with Gasteiger partial charge in [-0.2, -0.15) is 24.9 Å². The molecular formula is C22H19Cl2F3N2O2S. The van der Waals surface area contributed by atoms with Crippen LogP contribution in [0.3, 0.4) is 0 Å². The third-order valence-electron chi connectivity index (χ3n) is 5.76. The van der Waals surface area contributed by atoms with E-state index in [0.717, 1.165) is 11.5 Å². The van der Waals surface area contributed by atoms with Crippen LogP contribution in [0.25, 0.3) is 0 Å². The number of alkyl halides is 3. The van der Waals surface area contributed by atoms with Crippen LogP contribution in [-0.4, -0.2) is 35.3 Å². The molecule has 0 aromatic heterocycles. The van der Waals surface area contributed by atoms with Crippen molar-refractivity contribution in [3.05, 3.63) is 68.7 Å². The van der Waals surface area contributed by atoms with E-state index in [4.69, 9.17) is 28.0 Å². The highest BCUT2D eigenvalue weighted by atomic mass is 35.5.